The van der Waals surface area contributed by atoms with Crippen molar-refractivity contribution < 1.29 is 9.53 Å². The number of hydrogen-bond acceptors (Lipinski definition) is 3. The second kappa shape index (κ2) is 7.31. The number of likely N-dealkylation sites (N-methyl/N-ethyl adjacent to an activating group) is 1. The molecule has 1 aliphatic rings. The van der Waals surface area contributed by atoms with E-state index in [1.165, 1.54) is 5.69 Å². The zero-order valence-electron chi connectivity index (χ0n) is 11.5. The molecule has 1 fully saturated rings. The van der Waals surface area contributed by atoms with E-state index in [2.05, 4.69) is 16.4 Å². The average molecular weight is 265 g/mol. The lowest BCUT2D eigenvalue weighted by Gasteiger charge is -2.35. The van der Waals surface area contributed by atoms with Gasteiger partial charge in [0.15, 0.2) is 0 Å². The summed E-state index contributed by atoms with van der Waals surface area (Å²) >= 11 is 0. The van der Waals surface area contributed by atoms with Crippen molar-refractivity contribution in [3.05, 3.63) is 24.0 Å². The molecular formula is C14H23N3O2. The molecule has 2 N–H and O–H groups in total. The molecule has 19 heavy (non-hydrogen) atoms. The van der Waals surface area contributed by atoms with Gasteiger partial charge in [-0.1, -0.05) is 0 Å². The summed E-state index contributed by atoms with van der Waals surface area (Å²) in [5.41, 5.74) is 1.20. The van der Waals surface area contributed by atoms with E-state index in [1.807, 2.05) is 24.2 Å². The van der Waals surface area contributed by atoms with Crippen molar-refractivity contribution in [2.45, 2.75) is 25.3 Å². The summed E-state index contributed by atoms with van der Waals surface area (Å²) in [5, 5.41) is 3.12. The van der Waals surface area contributed by atoms with Crippen LogP contribution in [0.2, 0.25) is 0 Å². The third kappa shape index (κ3) is 4.08. The molecule has 0 radical (unpaired) electrons. The highest BCUT2D eigenvalue weighted by Crippen LogP contribution is 2.11. The van der Waals surface area contributed by atoms with Crippen molar-refractivity contribution in [3.8, 4) is 0 Å². The van der Waals surface area contributed by atoms with E-state index in [4.69, 9.17) is 4.74 Å². The smallest absolute Gasteiger partial charge is 0.223 e. The Morgan fingerprint density at radius 1 is 1.63 bits per heavy atom. The number of hydrogen-bond donors (Lipinski definition) is 2. The third-order valence-electron chi connectivity index (χ3n) is 3.49. The van der Waals surface area contributed by atoms with Gasteiger partial charge in [-0.15, -0.1) is 0 Å². The second-order valence-electron chi connectivity index (χ2n) is 4.92. The van der Waals surface area contributed by atoms with Crippen molar-refractivity contribution >= 4 is 5.91 Å². The predicted octanol–water partition coefficient (Wildman–Crippen LogP) is 0.784. The van der Waals surface area contributed by atoms with Crippen LogP contribution in [0.1, 0.15) is 18.5 Å². The fraction of sp³-hybridized carbons (Fsp3) is 0.643. The number of nitrogens with one attached hydrogen (secondary N) is 2. The molecule has 5 nitrogen and oxygen atoms in total. The number of rotatable bonds is 6. The van der Waals surface area contributed by atoms with Gasteiger partial charge < -0.3 is 19.9 Å². The minimum absolute atomic E-state index is 0.178. The number of aromatic amines is 1. The van der Waals surface area contributed by atoms with Gasteiger partial charge in [0, 0.05) is 31.4 Å². The molecule has 0 spiro atoms. The molecule has 0 aromatic carbocycles. The molecule has 1 atom stereocenters. The fourth-order valence-electron chi connectivity index (χ4n) is 2.48. The summed E-state index contributed by atoms with van der Waals surface area (Å²) in [6.45, 7) is 2.81. The third-order valence-corrected chi connectivity index (χ3v) is 3.49. The van der Waals surface area contributed by atoms with Crippen LogP contribution in [0.25, 0.3) is 0 Å². The van der Waals surface area contributed by atoms with Gasteiger partial charge in [0.25, 0.3) is 0 Å². The number of nitrogens with zero attached hydrogens (tertiary/aromatic N) is 1. The van der Waals surface area contributed by atoms with Crippen LogP contribution in [0.15, 0.2) is 18.3 Å². The Bertz CT molecular complexity index is 376. The van der Waals surface area contributed by atoms with Crippen LogP contribution >= 0.6 is 0 Å². The SMILES string of the molecule is CNCC1COCCN1C(=O)CCCc1ccc[nH]1. The Kier molecular flexibility index (Phi) is 5.42. The lowest BCUT2D eigenvalue weighted by molar-refractivity contribution is -0.139. The minimum Gasteiger partial charge on any atom is -0.377 e. The lowest BCUT2D eigenvalue weighted by Crippen LogP contribution is -2.52. The van der Waals surface area contributed by atoms with Crippen LogP contribution in [0, 0.1) is 0 Å². The van der Waals surface area contributed by atoms with Crippen molar-refractivity contribution in [3.63, 3.8) is 0 Å². The normalized spacial score (nSPS) is 19.6. The molecule has 2 rings (SSSR count). The van der Waals surface area contributed by atoms with E-state index < -0.39 is 0 Å². The molecule has 0 aliphatic carbocycles. The largest absolute Gasteiger partial charge is 0.377 e. The first kappa shape index (κ1) is 14.1. The Hall–Kier alpha value is -1.33. The molecule has 0 saturated carbocycles. The standard InChI is InChI=1S/C14H23N3O2/c1-15-10-13-11-19-9-8-17(13)14(18)6-2-4-12-5-3-7-16-12/h3,5,7,13,15-16H,2,4,6,8-11H2,1H3. The zero-order valence-corrected chi connectivity index (χ0v) is 11.5. The number of H-pyrrole nitrogens is 1. The van der Waals surface area contributed by atoms with E-state index in [0.717, 1.165) is 19.4 Å². The summed E-state index contributed by atoms with van der Waals surface area (Å²) in [6, 6.07) is 4.22. The van der Waals surface area contributed by atoms with Crippen LogP contribution in [-0.4, -0.2) is 55.2 Å². The minimum atomic E-state index is 0.178. The molecule has 106 valence electrons. The zero-order chi connectivity index (χ0) is 13.5. The Morgan fingerprint density at radius 2 is 2.53 bits per heavy atom. The van der Waals surface area contributed by atoms with Gasteiger partial charge in [0.2, 0.25) is 5.91 Å². The molecule has 5 heteroatoms. The molecular weight excluding hydrogens is 242 g/mol. The number of aromatic nitrogens is 1. The first-order chi connectivity index (χ1) is 9.31. The van der Waals surface area contributed by atoms with Gasteiger partial charge in [-0.05, 0) is 32.0 Å². The molecule has 1 unspecified atom stereocenters. The average Bonchev–Trinajstić information content (AvgIpc) is 2.93. The number of aryl methyl sites for hydroxylation is 1. The van der Waals surface area contributed by atoms with Crippen molar-refractivity contribution in [1.29, 1.82) is 0 Å². The number of carbonyl (C=O) groups excluding carboxylic acids is 1. The summed E-state index contributed by atoms with van der Waals surface area (Å²) in [6.07, 6.45) is 4.35. The van der Waals surface area contributed by atoms with Gasteiger partial charge in [0.05, 0.1) is 19.3 Å². The maximum atomic E-state index is 12.2. The van der Waals surface area contributed by atoms with Crippen LogP contribution in [0.4, 0.5) is 0 Å². The van der Waals surface area contributed by atoms with Crippen molar-refractivity contribution in [1.82, 2.24) is 15.2 Å². The molecule has 1 saturated heterocycles. The highest BCUT2D eigenvalue weighted by Gasteiger charge is 2.26. The van der Waals surface area contributed by atoms with Crippen LogP contribution in [0.5, 0.6) is 0 Å². The van der Waals surface area contributed by atoms with E-state index >= 15 is 0 Å². The maximum absolute atomic E-state index is 12.2. The van der Waals surface area contributed by atoms with E-state index in [-0.39, 0.29) is 11.9 Å². The van der Waals surface area contributed by atoms with Crippen LogP contribution in [-0.2, 0) is 16.0 Å². The van der Waals surface area contributed by atoms with Gasteiger partial charge >= 0.3 is 0 Å². The molecule has 1 aromatic heterocycles. The first-order valence-electron chi connectivity index (χ1n) is 6.95. The van der Waals surface area contributed by atoms with Crippen LogP contribution < -0.4 is 5.32 Å². The highest BCUT2D eigenvalue weighted by molar-refractivity contribution is 5.76. The lowest BCUT2D eigenvalue weighted by atomic mass is 10.1. The summed E-state index contributed by atoms with van der Waals surface area (Å²) in [4.78, 5) is 17.4. The first-order valence-corrected chi connectivity index (χ1v) is 6.95. The van der Waals surface area contributed by atoms with Crippen molar-refractivity contribution in [2.75, 3.05) is 33.4 Å². The number of ether oxygens (including phenoxy) is 1. The summed E-state index contributed by atoms with van der Waals surface area (Å²) < 4.78 is 5.44. The van der Waals surface area contributed by atoms with E-state index in [9.17, 15) is 4.79 Å². The van der Waals surface area contributed by atoms with Crippen LogP contribution in [0.3, 0.4) is 0 Å². The molecule has 0 bridgehead atoms. The maximum Gasteiger partial charge on any atom is 0.223 e. The quantitative estimate of drug-likeness (QED) is 0.799. The molecule has 2 heterocycles. The topological polar surface area (TPSA) is 57.4 Å². The Morgan fingerprint density at radius 3 is 3.26 bits per heavy atom. The molecule has 1 amide bonds. The van der Waals surface area contributed by atoms with Gasteiger partial charge in [-0.25, -0.2) is 0 Å². The number of morpholine rings is 1. The van der Waals surface area contributed by atoms with E-state index in [0.29, 0.717) is 26.2 Å². The van der Waals surface area contributed by atoms with Gasteiger partial charge in [-0.2, -0.15) is 0 Å². The van der Waals surface area contributed by atoms with Crippen molar-refractivity contribution in [2.24, 2.45) is 0 Å². The number of amides is 1. The highest BCUT2D eigenvalue weighted by atomic mass is 16.5. The molecule has 1 aliphatic heterocycles. The second-order valence-corrected chi connectivity index (χ2v) is 4.92. The summed E-state index contributed by atoms with van der Waals surface area (Å²) in [5.74, 6) is 0.245. The predicted molar refractivity (Wildman–Crippen MR) is 74.0 cm³/mol. The number of carbonyl (C=O) groups is 1. The van der Waals surface area contributed by atoms with E-state index in [1.54, 1.807) is 0 Å². The molecule has 1 aromatic rings. The Labute approximate surface area is 114 Å². The Balaban J connectivity index is 1.77. The van der Waals surface area contributed by atoms with Gasteiger partial charge in [-0.3, -0.25) is 4.79 Å². The van der Waals surface area contributed by atoms with Gasteiger partial charge in [0.1, 0.15) is 0 Å². The summed E-state index contributed by atoms with van der Waals surface area (Å²) in [7, 11) is 1.91. The fourth-order valence-corrected chi connectivity index (χ4v) is 2.48. The monoisotopic (exact) mass is 265 g/mol.